The van der Waals surface area contributed by atoms with Crippen LogP contribution in [-0.2, 0) is 24.2 Å². The third-order valence-corrected chi connectivity index (χ3v) is 6.83. The van der Waals surface area contributed by atoms with Gasteiger partial charge in [0.15, 0.2) is 17.0 Å². The molecular formula is C24H32N6O2. The van der Waals surface area contributed by atoms with Crippen LogP contribution in [0.1, 0.15) is 57.0 Å². The Hall–Kier alpha value is -2.90. The molecule has 3 aromatic rings. The van der Waals surface area contributed by atoms with Gasteiger partial charge in [-0.1, -0.05) is 6.42 Å². The summed E-state index contributed by atoms with van der Waals surface area (Å²) in [5.41, 5.74) is 1.87. The molecule has 0 aliphatic carbocycles. The highest BCUT2D eigenvalue weighted by Crippen LogP contribution is 2.29. The lowest BCUT2D eigenvalue weighted by Gasteiger charge is -2.32. The van der Waals surface area contributed by atoms with Crippen molar-refractivity contribution in [3.8, 4) is 0 Å². The summed E-state index contributed by atoms with van der Waals surface area (Å²) in [6.45, 7) is 4.68. The van der Waals surface area contributed by atoms with E-state index >= 15 is 0 Å². The highest BCUT2D eigenvalue weighted by atomic mass is 16.3. The van der Waals surface area contributed by atoms with Crippen LogP contribution in [0.2, 0.25) is 0 Å². The number of furan rings is 1. The first-order valence-corrected chi connectivity index (χ1v) is 12.0. The van der Waals surface area contributed by atoms with E-state index in [-0.39, 0.29) is 17.9 Å². The summed E-state index contributed by atoms with van der Waals surface area (Å²) in [5, 5.41) is 3.19. The van der Waals surface area contributed by atoms with Crippen LogP contribution in [0, 0.1) is 5.92 Å². The standard InChI is InChI=1S/C24H32N6O2/c1-17(8-9-19-6-5-15-32-19)27-24(31)18-10-13-29(14-11-18)22-21-23(26-16-25-22)30-12-4-2-3-7-20(30)28-21/h5-6,15-18H,2-4,7-14H2,1H3,(H,27,31)/t17-/m1/s1. The Morgan fingerprint density at radius 1 is 1.22 bits per heavy atom. The normalized spacial score (nSPS) is 18.3. The molecule has 1 amide bonds. The lowest BCUT2D eigenvalue weighted by atomic mass is 9.95. The SMILES string of the molecule is C[C@H](CCc1ccco1)NC(=O)C1CCN(c2ncnc3c2nc2n3CCCCC2)CC1. The van der Waals surface area contributed by atoms with E-state index in [1.54, 1.807) is 12.6 Å². The lowest BCUT2D eigenvalue weighted by molar-refractivity contribution is -0.126. The zero-order valence-electron chi connectivity index (χ0n) is 18.8. The van der Waals surface area contributed by atoms with Crippen molar-refractivity contribution in [2.24, 2.45) is 5.92 Å². The van der Waals surface area contributed by atoms with E-state index in [4.69, 9.17) is 9.40 Å². The Labute approximate surface area is 188 Å². The fourth-order valence-electron chi connectivity index (χ4n) is 4.96. The topological polar surface area (TPSA) is 89.1 Å². The van der Waals surface area contributed by atoms with E-state index in [0.717, 1.165) is 80.3 Å². The molecule has 1 N–H and O–H groups in total. The van der Waals surface area contributed by atoms with Crippen LogP contribution in [0.25, 0.3) is 11.2 Å². The quantitative estimate of drug-likeness (QED) is 0.636. The number of piperidine rings is 1. The number of rotatable bonds is 6. The van der Waals surface area contributed by atoms with Gasteiger partial charge < -0.3 is 19.2 Å². The zero-order valence-corrected chi connectivity index (χ0v) is 18.8. The molecule has 0 bridgehead atoms. The fraction of sp³-hybridized carbons (Fsp3) is 0.583. The average molecular weight is 437 g/mol. The number of amides is 1. The minimum atomic E-state index is 0.0494. The van der Waals surface area contributed by atoms with Crippen LogP contribution in [0.4, 0.5) is 5.82 Å². The van der Waals surface area contributed by atoms with Crippen molar-refractivity contribution >= 4 is 22.9 Å². The summed E-state index contributed by atoms with van der Waals surface area (Å²) >= 11 is 0. The van der Waals surface area contributed by atoms with Gasteiger partial charge in [0.1, 0.15) is 17.9 Å². The van der Waals surface area contributed by atoms with Gasteiger partial charge in [0.05, 0.1) is 6.26 Å². The number of nitrogens with one attached hydrogen (secondary N) is 1. The van der Waals surface area contributed by atoms with E-state index in [1.807, 2.05) is 12.1 Å². The predicted molar refractivity (Wildman–Crippen MR) is 122 cm³/mol. The molecule has 1 saturated heterocycles. The van der Waals surface area contributed by atoms with Gasteiger partial charge in [0, 0.05) is 44.4 Å². The number of anilines is 1. The van der Waals surface area contributed by atoms with E-state index in [2.05, 4.69) is 31.7 Å². The average Bonchev–Trinajstić information content (AvgIpc) is 3.39. The van der Waals surface area contributed by atoms with Crippen molar-refractivity contribution < 1.29 is 9.21 Å². The Morgan fingerprint density at radius 2 is 2.09 bits per heavy atom. The van der Waals surface area contributed by atoms with Crippen molar-refractivity contribution in [2.75, 3.05) is 18.0 Å². The van der Waals surface area contributed by atoms with Gasteiger partial charge >= 0.3 is 0 Å². The number of fused-ring (bicyclic) bond motifs is 3. The monoisotopic (exact) mass is 436 g/mol. The molecular weight excluding hydrogens is 404 g/mol. The van der Waals surface area contributed by atoms with Crippen LogP contribution in [-0.4, -0.2) is 44.6 Å². The first-order valence-electron chi connectivity index (χ1n) is 12.0. The third kappa shape index (κ3) is 4.36. The molecule has 0 aromatic carbocycles. The van der Waals surface area contributed by atoms with Crippen molar-refractivity contribution in [3.63, 3.8) is 0 Å². The van der Waals surface area contributed by atoms with Gasteiger partial charge in [-0.2, -0.15) is 0 Å². The van der Waals surface area contributed by atoms with Crippen LogP contribution in [0.3, 0.4) is 0 Å². The molecule has 5 heterocycles. The van der Waals surface area contributed by atoms with Crippen LogP contribution >= 0.6 is 0 Å². The Kier molecular flexibility index (Phi) is 6.10. The second-order valence-electron chi connectivity index (χ2n) is 9.15. The largest absolute Gasteiger partial charge is 0.469 e. The number of aromatic nitrogens is 4. The maximum absolute atomic E-state index is 12.8. The van der Waals surface area contributed by atoms with E-state index < -0.39 is 0 Å². The third-order valence-electron chi connectivity index (χ3n) is 6.83. The van der Waals surface area contributed by atoms with Crippen molar-refractivity contribution in [1.82, 2.24) is 24.8 Å². The molecule has 8 nitrogen and oxygen atoms in total. The summed E-state index contributed by atoms with van der Waals surface area (Å²) in [6.07, 6.45) is 11.4. The predicted octanol–water partition coefficient (Wildman–Crippen LogP) is 3.50. The number of nitrogens with zero attached hydrogens (tertiary/aromatic N) is 5. The number of imidazole rings is 1. The van der Waals surface area contributed by atoms with Gasteiger partial charge in [-0.15, -0.1) is 0 Å². The minimum absolute atomic E-state index is 0.0494. The van der Waals surface area contributed by atoms with Gasteiger partial charge in [-0.25, -0.2) is 15.0 Å². The molecule has 2 aliphatic heterocycles. The Bertz CT molecular complexity index is 1050. The lowest BCUT2D eigenvalue weighted by Crippen LogP contribution is -2.43. The summed E-state index contributed by atoms with van der Waals surface area (Å²) in [6, 6.07) is 4.01. The number of carbonyl (C=O) groups excluding carboxylic acids is 1. The molecule has 2 aliphatic rings. The molecule has 1 fully saturated rings. The van der Waals surface area contributed by atoms with Gasteiger partial charge in [0.2, 0.25) is 5.91 Å². The second kappa shape index (κ2) is 9.30. The fourth-order valence-corrected chi connectivity index (χ4v) is 4.96. The van der Waals surface area contributed by atoms with Crippen LogP contribution in [0.5, 0.6) is 0 Å². The van der Waals surface area contributed by atoms with E-state index in [1.165, 1.54) is 19.3 Å². The molecule has 3 aromatic heterocycles. The molecule has 0 unspecified atom stereocenters. The minimum Gasteiger partial charge on any atom is -0.469 e. The molecule has 32 heavy (non-hydrogen) atoms. The van der Waals surface area contributed by atoms with E-state index in [9.17, 15) is 4.79 Å². The van der Waals surface area contributed by atoms with Crippen molar-refractivity contribution in [3.05, 3.63) is 36.3 Å². The van der Waals surface area contributed by atoms with Crippen LogP contribution < -0.4 is 10.2 Å². The summed E-state index contributed by atoms with van der Waals surface area (Å²) in [5.74, 6) is 3.23. The van der Waals surface area contributed by atoms with E-state index in [0.29, 0.717) is 0 Å². The zero-order chi connectivity index (χ0) is 21.9. The molecule has 0 radical (unpaired) electrons. The molecule has 8 heteroatoms. The highest BCUT2D eigenvalue weighted by Gasteiger charge is 2.28. The number of carbonyl (C=O) groups is 1. The number of hydrogen-bond acceptors (Lipinski definition) is 6. The molecule has 5 rings (SSSR count). The van der Waals surface area contributed by atoms with Gasteiger partial charge in [-0.05, 0) is 51.2 Å². The first kappa shape index (κ1) is 21.0. The Morgan fingerprint density at radius 3 is 2.91 bits per heavy atom. The molecule has 1 atom stereocenters. The van der Waals surface area contributed by atoms with Crippen LogP contribution in [0.15, 0.2) is 29.1 Å². The summed E-state index contributed by atoms with van der Waals surface area (Å²) in [7, 11) is 0. The highest BCUT2D eigenvalue weighted by molar-refractivity contribution is 5.84. The number of aryl methyl sites for hydroxylation is 3. The van der Waals surface area contributed by atoms with Crippen molar-refractivity contribution in [1.29, 1.82) is 0 Å². The van der Waals surface area contributed by atoms with Crippen molar-refractivity contribution in [2.45, 2.75) is 70.9 Å². The maximum Gasteiger partial charge on any atom is 0.223 e. The van der Waals surface area contributed by atoms with Gasteiger partial charge in [0.25, 0.3) is 0 Å². The second-order valence-corrected chi connectivity index (χ2v) is 9.15. The molecule has 0 saturated carbocycles. The molecule has 170 valence electrons. The Balaban J connectivity index is 1.19. The number of hydrogen-bond donors (Lipinski definition) is 1. The summed E-state index contributed by atoms with van der Waals surface area (Å²) < 4.78 is 7.66. The summed E-state index contributed by atoms with van der Waals surface area (Å²) in [4.78, 5) is 29.2. The maximum atomic E-state index is 12.8. The van der Waals surface area contributed by atoms with Gasteiger partial charge in [-0.3, -0.25) is 4.79 Å². The molecule has 0 spiro atoms. The smallest absolute Gasteiger partial charge is 0.223 e. The first-order chi connectivity index (χ1) is 15.7.